The van der Waals surface area contributed by atoms with E-state index in [0.717, 1.165) is 6.07 Å². The summed E-state index contributed by atoms with van der Waals surface area (Å²) in [6.07, 6.45) is 4.06. The number of aromatic nitrogens is 4. The molecule has 0 aromatic carbocycles. The number of rotatable bonds is 6. The largest absolute Gasteiger partial charge is 0.368 e. The number of nitrogens with two attached hydrogens (primary N) is 1. The number of primary amides is 1. The molecule has 3 heterocycles. The Morgan fingerprint density at radius 1 is 1.32 bits per heavy atom. The number of imidazole rings is 1. The highest BCUT2D eigenvalue weighted by atomic mass is 16.2. The Hall–Kier alpha value is -3.70. The minimum Gasteiger partial charge on any atom is -0.368 e. The molecule has 12 heteroatoms. The standard InChI is InChI=1S/C16H19N7O5/c17-13(25)11-2-1-3-23(11)15(27)10(4-8-6-18-7-19-8)20-14(26)9-5-12(24)22-16(28)21-9/h5-7,10-11H,1-4H2,(H2,17,25)(H,18,19)(H,20,26)(H2,21,22,24,28)/t10-,11+/m1/s1. The second kappa shape index (κ2) is 7.90. The maximum absolute atomic E-state index is 13.0. The molecule has 28 heavy (non-hydrogen) atoms. The average Bonchev–Trinajstić information content (AvgIpc) is 3.31. The van der Waals surface area contributed by atoms with Crippen LogP contribution in [-0.4, -0.2) is 61.2 Å². The van der Waals surface area contributed by atoms with E-state index in [2.05, 4.69) is 20.3 Å². The number of carbonyl (C=O) groups is 3. The van der Waals surface area contributed by atoms with Gasteiger partial charge in [0.15, 0.2) is 0 Å². The van der Waals surface area contributed by atoms with Crippen LogP contribution in [0, 0.1) is 0 Å². The number of nitrogens with one attached hydrogen (secondary N) is 4. The van der Waals surface area contributed by atoms with Gasteiger partial charge in [0.1, 0.15) is 17.8 Å². The van der Waals surface area contributed by atoms with Crippen molar-refractivity contribution in [2.24, 2.45) is 5.73 Å². The second-order valence-corrected chi connectivity index (χ2v) is 6.40. The maximum atomic E-state index is 13.0. The van der Waals surface area contributed by atoms with Crippen LogP contribution >= 0.6 is 0 Å². The molecule has 2 aromatic heterocycles. The highest BCUT2D eigenvalue weighted by Crippen LogP contribution is 2.19. The molecule has 6 N–H and O–H groups in total. The molecule has 1 fully saturated rings. The highest BCUT2D eigenvalue weighted by molar-refractivity contribution is 5.97. The Balaban J connectivity index is 1.85. The third-order valence-electron chi connectivity index (χ3n) is 4.45. The number of amides is 3. The molecule has 1 aliphatic heterocycles. The number of aromatic amines is 3. The summed E-state index contributed by atoms with van der Waals surface area (Å²) in [7, 11) is 0. The molecule has 0 saturated carbocycles. The molecule has 148 valence electrons. The summed E-state index contributed by atoms with van der Waals surface area (Å²) >= 11 is 0. The lowest BCUT2D eigenvalue weighted by Crippen LogP contribution is -2.53. The van der Waals surface area contributed by atoms with Gasteiger partial charge in [0, 0.05) is 30.9 Å². The summed E-state index contributed by atoms with van der Waals surface area (Å²) in [6.45, 7) is 0.337. The van der Waals surface area contributed by atoms with Gasteiger partial charge >= 0.3 is 5.69 Å². The van der Waals surface area contributed by atoms with E-state index in [1.54, 1.807) is 0 Å². The van der Waals surface area contributed by atoms with Crippen LogP contribution in [0.3, 0.4) is 0 Å². The minimum atomic E-state index is -1.06. The van der Waals surface area contributed by atoms with Crippen molar-refractivity contribution in [2.75, 3.05) is 6.54 Å². The first-order valence-electron chi connectivity index (χ1n) is 8.56. The van der Waals surface area contributed by atoms with Gasteiger partial charge < -0.3 is 25.9 Å². The lowest BCUT2D eigenvalue weighted by Gasteiger charge is -2.27. The molecule has 1 aliphatic rings. The van der Waals surface area contributed by atoms with Crippen molar-refractivity contribution >= 4 is 17.7 Å². The van der Waals surface area contributed by atoms with Gasteiger partial charge in [0.2, 0.25) is 11.8 Å². The normalized spacial score (nSPS) is 17.3. The monoisotopic (exact) mass is 389 g/mol. The summed E-state index contributed by atoms with van der Waals surface area (Å²) in [6, 6.07) is -0.889. The highest BCUT2D eigenvalue weighted by Gasteiger charge is 2.37. The Labute approximate surface area is 157 Å². The second-order valence-electron chi connectivity index (χ2n) is 6.40. The van der Waals surface area contributed by atoms with Gasteiger partial charge in [-0.15, -0.1) is 0 Å². The molecule has 2 atom stereocenters. The molecule has 0 spiro atoms. The van der Waals surface area contributed by atoms with Gasteiger partial charge in [-0.1, -0.05) is 0 Å². The number of nitrogens with zero attached hydrogens (tertiary/aromatic N) is 2. The minimum absolute atomic E-state index is 0.0694. The molecule has 3 rings (SSSR count). The zero-order valence-corrected chi connectivity index (χ0v) is 14.7. The van der Waals surface area contributed by atoms with E-state index in [4.69, 9.17) is 5.73 Å². The fraction of sp³-hybridized carbons (Fsp3) is 0.375. The number of H-pyrrole nitrogens is 3. The van der Waals surface area contributed by atoms with Crippen LogP contribution in [0.15, 0.2) is 28.2 Å². The van der Waals surface area contributed by atoms with Gasteiger partial charge in [-0.25, -0.2) is 9.78 Å². The van der Waals surface area contributed by atoms with Crippen molar-refractivity contribution in [1.29, 1.82) is 0 Å². The Kier molecular flexibility index (Phi) is 5.38. The van der Waals surface area contributed by atoms with Gasteiger partial charge in [-0.05, 0) is 12.8 Å². The van der Waals surface area contributed by atoms with Crippen molar-refractivity contribution in [1.82, 2.24) is 30.2 Å². The summed E-state index contributed by atoms with van der Waals surface area (Å²) < 4.78 is 0. The molecule has 12 nitrogen and oxygen atoms in total. The van der Waals surface area contributed by atoms with E-state index in [0.29, 0.717) is 25.1 Å². The summed E-state index contributed by atoms with van der Waals surface area (Å²) in [5, 5.41) is 2.51. The van der Waals surface area contributed by atoms with E-state index >= 15 is 0 Å². The van der Waals surface area contributed by atoms with Crippen molar-refractivity contribution in [3.05, 3.63) is 50.8 Å². The lowest BCUT2D eigenvalue weighted by molar-refractivity contribution is -0.138. The van der Waals surface area contributed by atoms with Gasteiger partial charge in [-0.2, -0.15) is 0 Å². The Morgan fingerprint density at radius 3 is 2.75 bits per heavy atom. The summed E-state index contributed by atoms with van der Waals surface area (Å²) in [4.78, 5) is 72.2. The van der Waals surface area contributed by atoms with Gasteiger partial charge in [-0.3, -0.25) is 24.2 Å². The molecular weight excluding hydrogens is 370 g/mol. The van der Waals surface area contributed by atoms with Crippen LogP contribution < -0.4 is 22.3 Å². The topological polar surface area (TPSA) is 187 Å². The first-order valence-corrected chi connectivity index (χ1v) is 8.56. The quantitative estimate of drug-likeness (QED) is 0.366. The molecule has 0 radical (unpaired) electrons. The van der Waals surface area contributed by atoms with E-state index in [-0.39, 0.29) is 12.1 Å². The predicted molar refractivity (Wildman–Crippen MR) is 95.2 cm³/mol. The van der Waals surface area contributed by atoms with E-state index < -0.39 is 41.1 Å². The zero-order chi connectivity index (χ0) is 20.3. The first kappa shape index (κ1) is 19.1. The van der Waals surface area contributed by atoms with E-state index in [1.807, 2.05) is 4.98 Å². The van der Waals surface area contributed by atoms with Crippen molar-refractivity contribution in [3.8, 4) is 0 Å². The Bertz CT molecular complexity index is 965. The van der Waals surface area contributed by atoms with E-state index in [1.165, 1.54) is 17.4 Å². The molecule has 0 unspecified atom stereocenters. The van der Waals surface area contributed by atoms with Crippen LogP contribution in [0.2, 0.25) is 0 Å². The molecule has 3 amide bonds. The van der Waals surface area contributed by atoms with Gasteiger partial charge in [0.25, 0.3) is 11.5 Å². The average molecular weight is 389 g/mol. The van der Waals surface area contributed by atoms with Crippen molar-refractivity contribution < 1.29 is 14.4 Å². The summed E-state index contributed by atoms with van der Waals surface area (Å²) in [5.41, 5.74) is 4.07. The van der Waals surface area contributed by atoms with Gasteiger partial charge in [0.05, 0.1) is 6.33 Å². The predicted octanol–water partition coefficient (Wildman–Crippen LogP) is -2.40. The maximum Gasteiger partial charge on any atom is 0.326 e. The zero-order valence-electron chi connectivity index (χ0n) is 14.7. The van der Waals surface area contributed by atoms with Crippen molar-refractivity contribution in [3.63, 3.8) is 0 Å². The number of carbonyl (C=O) groups excluding carboxylic acids is 3. The van der Waals surface area contributed by atoms with Crippen molar-refractivity contribution in [2.45, 2.75) is 31.3 Å². The third kappa shape index (κ3) is 4.16. The van der Waals surface area contributed by atoms with E-state index in [9.17, 15) is 24.0 Å². The third-order valence-corrected chi connectivity index (χ3v) is 4.45. The van der Waals surface area contributed by atoms with Crippen LogP contribution in [0.1, 0.15) is 29.0 Å². The fourth-order valence-corrected chi connectivity index (χ4v) is 3.17. The SMILES string of the molecule is NC(=O)[C@@H]1CCCN1C(=O)[C@@H](Cc1cnc[nH]1)NC(=O)c1cc(=O)[nH]c(=O)[nH]1. The number of hydrogen-bond donors (Lipinski definition) is 5. The number of likely N-dealkylation sites (tertiary alicyclic amines) is 1. The molecular formula is C16H19N7O5. The smallest absolute Gasteiger partial charge is 0.326 e. The lowest BCUT2D eigenvalue weighted by atomic mass is 10.1. The number of hydrogen-bond acceptors (Lipinski definition) is 6. The van der Waals surface area contributed by atoms with Crippen LogP contribution in [0.25, 0.3) is 0 Å². The van der Waals surface area contributed by atoms with Crippen LogP contribution in [0.5, 0.6) is 0 Å². The van der Waals surface area contributed by atoms with Crippen LogP contribution in [0.4, 0.5) is 0 Å². The fourth-order valence-electron chi connectivity index (χ4n) is 3.17. The Morgan fingerprint density at radius 2 is 2.11 bits per heavy atom. The van der Waals surface area contributed by atoms with Crippen LogP contribution in [-0.2, 0) is 16.0 Å². The molecule has 1 saturated heterocycles. The molecule has 2 aromatic rings. The molecule has 0 bridgehead atoms. The summed E-state index contributed by atoms with van der Waals surface area (Å²) in [5.74, 6) is -1.91. The molecule has 0 aliphatic carbocycles. The first-order chi connectivity index (χ1) is 13.3.